The molecule has 22 heavy (non-hydrogen) atoms. The average Bonchev–Trinajstić information content (AvgIpc) is 3.22. The van der Waals surface area contributed by atoms with E-state index < -0.39 is 28.3 Å². The van der Waals surface area contributed by atoms with E-state index in [1.165, 1.54) is 19.9 Å². The van der Waals surface area contributed by atoms with Gasteiger partial charge in [0.2, 0.25) is 0 Å². The first-order chi connectivity index (χ1) is 10.1. The van der Waals surface area contributed by atoms with E-state index >= 15 is 0 Å². The molecular weight excluding hydrogens is 315 g/mol. The number of halogens is 2. The van der Waals surface area contributed by atoms with Gasteiger partial charge < -0.3 is 20.6 Å². The number of pyridine rings is 1. The van der Waals surface area contributed by atoms with Crippen LogP contribution in [0.15, 0.2) is 6.07 Å². The van der Waals surface area contributed by atoms with E-state index in [1.807, 2.05) is 0 Å². The number of carbonyl (C=O) groups is 1. The zero-order valence-electron chi connectivity index (χ0n) is 12.2. The molecule has 0 spiro atoms. The molecule has 1 fully saturated rings. The predicted octanol–water partition coefficient (Wildman–Crippen LogP) is 1.97. The Kier molecular flexibility index (Phi) is 4.34. The van der Waals surface area contributed by atoms with E-state index in [4.69, 9.17) is 16.7 Å². The Morgan fingerprint density at radius 1 is 1.50 bits per heavy atom. The van der Waals surface area contributed by atoms with Gasteiger partial charge in [-0.2, -0.15) is 0 Å². The second kappa shape index (κ2) is 5.64. The van der Waals surface area contributed by atoms with Crippen LogP contribution in [0.3, 0.4) is 0 Å². The van der Waals surface area contributed by atoms with Gasteiger partial charge >= 0.3 is 6.09 Å². The lowest BCUT2D eigenvalue weighted by molar-refractivity contribution is 0.00905. The molecular formula is C14H18ClFN2O4. The molecule has 2 rings (SSSR count). The van der Waals surface area contributed by atoms with Crippen molar-refractivity contribution in [1.82, 2.24) is 10.3 Å². The van der Waals surface area contributed by atoms with Crippen molar-refractivity contribution in [3.05, 3.63) is 28.3 Å². The van der Waals surface area contributed by atoms with Crippen molar-refractivity contribution < 1.29 is 24.5 Å². The highest BCUT2D eigenvalue weighted by Crippen LogP contribution is 2.46. The van der Waals surface area contributed by atoms with Gasteiger partial charge in [0, 0.05) is 5.56 Å². The lowest BCUT2D eigenvalue weighted by atomic mass is 9.89. The molecule has 1 heterocycles. The Morgan fingerprint density at radius 2 is 2.09 bits per heavy atom. The second-order valence-electron chi connectivity index (χ2n) is 6.08. The molecule has 4 N–H and O–H groups in total. The third kappa shape index (κ3) is 3.31. The van der Waals surface area contributed by atoms with Gasteiger partial charge in [-0.25, -0.2) is 14.2 Å². The lowest BCUT2D eigenvalue weighted by Gasteiger charge is -2.29. The topological polar surface area (TPSA) is 103 Å². The minimum Gasteiger partial charge on any atom is -0.465 e. The SMILES string of the molecule is CC(C)(O)c1cc(C(O)(CNC(=O)O)C2CC2)nc(Cl)c1F. The number of nitrogens with zero attached hydrogens (tertiary/aromatic N) is 1. The van der Waals surface area contributed by atoms with Crippen LogP contribution in [0.2, 0.25) is 5.15 Å². The maximum Gasteiger partial charge on any atom is 0.404 e. The molecule has 1 aliphatic rings. The third-order valence-corrected chi connectivity index (χ3v) is 4.03. The Labute approximate surface area is 131 Å². The van der Waals surface area contributed by atoms with Gasteiger partial charge in [0.05, 0.1) is 17.8 Å². The minimum atomic E-state index is -1.59. The molecule has 6 nitrogen and oxygen atoms in total. The van der Waals surface area contributed by atoms with Crippen LogP contribution < -0.4 is 5.32 Å². The molecule has 0 radical (unpaired) electrons. The smallest absolute Gasteiger partial charge is 0.404 e. The van der Waals surface area contributed by atoms with E-state index in [0.717, 1.165) is 0 Å². The zero-order valence-corrected chi connectivity index (χ0v) is 13.0. The van der Waals surface area contributed by atoms with E-state index in [-0.39, 0.29) is 23.7 Å². The van der Waals surface area contributed by atoms with Crippen LogP contribution in [0, 0.1) is 11.7 Å². The summed E-state index contributed by atoms with van der Waals surface area (Å²) >= 11 is 5.77. The number of aliphatic hydroxyl groups is 2. The van der Waals surface area contributed by atoms with Crippen molar-refractivity contribution in [1.29, 1.82) is 0 Å². The quantitative estimate of drug-likeness (QED) is 0.617. The van der Waals surface area contributed by atoms with Crippen LogP contribution in [0.4, 0.5) is 9.18 Å². The fourth-order valence-electron chi connectivity index (χ4n) is 2.38. The van der Waals surface area contributed by atoms with Crippen molar-refractivity contribution in [3.63, 3.8) is 0 Å². The fraction of sp³-hybridized carbons (Fsp3) is 0.571. The molecule has 1 aromatic rings. The largest absolute Gasteiger partial charge is 0.465 e. The van der Waals surface area contributed by atoms with E-state index in [9.17, 15) is 19.4 Å². The fourth-order valence-corrected chi connectivity index (χ4v) is 2.57. The summed E-state index contributed by atoms with van der Waals surface area (Å²) in [5.41, 5.74) is -3.16. The number of amides is 1. The standard InChI is InChI=1S/C14H18ClFN2O4/c1-13(2,21)8-5-9(18-11(15)10(8)16)14(22,7-3-4-7)6-17-12(19)20/h5,7,17,21-22H,3-4,6H2,1-2H3,(H,19,20). The molecule has 1 aromatic heterocycles. The van der Waals surface area contributed by atoms with Crippen LogP contribution >= 0.6 is 11.6 Å². The van der Waals surface area contributed by atoms with Gasteiger partial charge in [0.1, 0.15) is 5.60 Å². The molecule has 1 amide bonds. The van der Waals surface area contributed by atoms with Crippen LogP contribution in [0.1, 0.15) is 37.9 Å². The summed E-state index contributed by atoms with van der Waals surface area (Å²) in [7, 11) is 0. The lowest BCUT2D eigenvalue weighted by Crippen LogP contribution is -2.43. The molecule has 8 heteroatoms. The van der Waals surface area contributed by atoms with E-state index in [2.05, 4.69) is 10.3 Å². The Hall–Kier alpha value is -1.44. The monoisotopic (exact) mass is 332 g/mol. The van der Waals surface area contributed by atoms with Crippen molar-refractivity contribution in [2.24, 2.45) is 5.92 Å². The maximum atomic E-state index is 14.1. The van der Waals surface area contributed by atoms with Gasteiger partial charge in [0.25, 0.3) is 0 Å². The molecule has 0 saturated heterocycles. The number of nitrogens with one attached hydrogen (secondary N) is 1. The first-order valence-electron chi connectivity index (χ1n) is 6.84. The molecule has 1 aliphatic carbocycles. The van der Waals surface area contributed by atoms with Crippen LogP contribution in [0.25, 0.3) is 0 Å². The van der Waals surface area contributed by atoms with E-state index in [1.54, 1.807) is 0 Å². The Bertz CT molecular complexity index is 601. The molecule has 0 aliphatic heterocycles. The summed E-state index contributed by atoms with van der Waals surface area (Å²) < 4.78 is 14.1. The van der Waals surface area contributed by atoms with Gasteiger partial charge in [-0.1, -0.05) is 11.6 Å². The van der Waals surface area contributed by atoms with Gasteiger partial charge in [-0.15, -0.1) is 0 Å². The molecule has 1 atom stereocenters. The maximum absolute atomic E-state index is 14.1. The van der Waals surface area contributed by atoms with Gasteiger partial charge in [0.15, 0.2) is 11.0 Å². The predicted molar refractivity (Wildman–Crippen MR) is 77.1 cm³/mol. The summed E-state index contributed by atoms with van der Waals surface area (Å²) in [4.78, 5) is 14.6. The molecule has 122 valence electrons. The Balaban J connectivity index is 2.48. The van der Waals surface area contributed by atoms with Crippen LogP contribution in [-0.4, -0.2) is 32.9 Å². The summed E-state index contributed by atoms with van der Waals surface area (Å²) in [5, 5.41) is 31.3. The summed E-state index contributed by atoms with van der Waals surface area (Å²) in [5.74, 6) is -1.05. The van der Waals surface area contributed by atoms with E-state index in [0.29, 0.717) is 12.8 Å². The normalized spacial score (nSPS) is 17.9. The van der Waals surface area contributed by atoms with Crippen molar-refractivity contribution >= 4 is 17.7 Å². The highest BCUT2D eigenvalue weighted by Gasteiger charge is 2.47. The van der Waals surface area contributed by atoms with Gasteiger partial charge in [-0.3, -0.25) is 0 Å². The summed E-state index contributed by atoms with van der Waals surface area (Å²) in [6.45, 7) is 2.49. The summed E-state index contributed by atoms with van der Waals surface area (Å²) in [6, 6.07) is 1.24. The molecule has 0 aromatic carbocycles. The highest BCUT2D eigenvalue weighted by atomic mass is 35.5. The summed E-state index contributed by atoms with van der Waals surface area (Å²) in [6.07, 6.45) is 0.119. The highest BCUT2D eigenvalue weighted by molar-refractivity contribution is 6.29. The van der Waals surface area contributed by atoms with Crippen molar-refractivity contribution in [3.8, 4) is 0 Å². The van der Waals surface area contributed by atoms with Crippen molar-refractivity contribution in [2.75, 3.05) is 6.54 Å². The molecule has 1 unspecified atom stereocenters. The number of rotatable bonds is 5. The molecule has 0 bridgehead atoms. The number of aromatic nitrogens is 1. The third-order valence-electron chi connectivity index (χ3n) is 3.78. The van der Waals surface area contributed by atoms with Crippen LogP contribution in [-0.2, 0) is 11.2 Å². The molecule has 1 saturated carbocycles. The number of carboxylic acid groups (broad SMARTS) is 1. The van der Waals surface area contributed by atoms with Gasteiger partial charge in [-0.05, 0) is 38.7 Å². The minimum absolute atomic E-state index is 0.0484. The Morgan fingerprint density at radius 3 is 2.55 bits per heavy atom. The average molecular weight is 333 g/mol. The first-order valence-corrected chi connectivity index (χ1v) is 7.22. The first kappa shape index (κ1) is 16.9. The number of hydrogen-bond donors (Lipinski definition) is 4. The zero-order chi connectivity index (χ0) is 16.7. The van der Waals surface area contributed by atoms with Crippen molar-refractivity contribution in [2.45, 2.75) is 37.9 Å². The number of hydrogen-bond acceptors (Lipinski definition) is 4. The van der Waals surface area contributed by atoms with Crippen LogP contribution in [0.5, 0.6) is 0 Å². The second-order valence-corrected chi connectivity index (χ2v) is 6.43.